The van der Waals surface area contributed by atoms with E-state index in [4.69, 9.17) is 0 Å². The fourth-order valence-corrected chi connectivity index (χ4v) is 3.14. The number of nitrogens with one attached hydrogen (secondary N) is 1. The third-order valence-electron chi connectivity index (χ3n) is 3.69. The number of aromatic nitrogens is 2. The molecule has 0 radical (unpaired) electrons. The summed E-state index contributed by atoms with van der Waals surface area (Å²) >= 11 is 0. The van der Waals surface area contributed by atoms with Crippen molar-refractivity contribution < 1.29 is 0 Å². The Morgan fingerprint density at radius 2 is 1.73 bits per heavy atom. The lowest BCUT2D eigenvalue weighted by molar-refractivity contribution is 0.238. The van der Waals surface area contributed by atoms with Gasteiger partial charge in [-0.05, 0) is 31.2 Å². The van der Waals surface area contributed by atoms with Crippen molar-refractivity contribution in [1.29, 1.82) is 0 Å². The highest BCUT2D eigenvalue weighted by molar-refractivity contribution is 5.15. The van der Waals surface area contributed by atoms with Crippen LogP contribution in [0.4, 0.5) is 0 Å². The molecule has 0 amide bonds. The molecule has 3 nitrogen and oxygen atoms in total. The van der Waals surface area contributed by atoms with Crippen LogP contribution in [0.25, 0.3) is 0 Å². The van der Waals surface area contributed by atoms with Gasteiger partial charge in [0, 0.05) is 24.5 Å². The molecule has 120 valence electrons. The molecule has 0 bridgehead atoms. The minimum atomic E-state index is 0.0990. The zero-order chi connectivity index (χ0) is 16.2. The summed E-state index contributed by atoms with van der Waals surface area (Å²) in [5.74, 6) is 1.09. The average molecular weight is 299 g/mol. The van der Waals surface area contributed by atoms with Crippen molar-refractivity contribution >= 4 is 0 Å². The molecule has 22 heavy (non-hydrogen) atoms. The Kier molecular flexibility index (Phi) is 5.07. The molecule has 2 aromatic rings. The molecule has 0 saturated carbocycles. The zero-order valence-electron chi connectivity index (χ0n) is 14.6. The van der Waals surface area contributed by atoms with E-state index >= 15 is 0 Å². The zero-order valence-corrected chi connectivity index (χ0v) is 14.6. The minimum absolute atomic E-state index is 0.0990. The molecule has 0 fully saturated rings. The van der Waals surface area contributed by atoms with Crippen molar-refractivity contribution in [2.24, 2.45) is 5.41 Å². The van der Waals surface area contributed by atoms with Gasteiger partial charge in [0.15, 0.2) is 0 Å². The molecule has 0 atom stereocenters. The molecule has 0 aliphatic carbocycles. The molecular weight excluding hydrogens is 270 g/mol. The summed E-state index contributed by atoms with van der Waals surface area (Å²) in [6, 6.07) is 10.5. The van der Waals surface area contributed by atoms with Gasteiger partial charge in [0.05, 0.1) is 6.54 Å². The summed E-state index contributed by atoms with van der Waals surface area (Å²) in [6.45, 7) is 13.1. The lowest BCUT2D eigenvalue weighted by Gasteiger charge is -2.33. The predicted octanol–water partition coefficient (Wildman–Crippen LogP) is 4.24. The second-order valence-electron chi connectivity index (χ2n) is 7.93. The molecule has 0 aliphatic rings. The van der Waals surface area contributed by atoms with E-state index in [9.17, 15) is 0 Å². The maximum atomic E-state index is 4.51. The molecule has 2 rings (SSSR count). The number of imidazole rings is 1. The Labute approximate surface area is 134 Å². The molecule has 0 saturated heterocycles. The van der Waals surface area contributed by atoms with Gasteiger partial charge in [-0.15, -0.1) is 0 Å². The van der Waals surface area contributed by atoms with Gasteiger partial charge in [0.2, 0.25) is 0 Å². The van der Waals surface area contributed by atoms with Gasteiger partial charge in [0.1, 0.15) is 5.82 Å². The molecular formula is C19H29N3. The summed E-state index contributed by atoms with van der Waals surface area (Å²) in [5, 5.41) is 3.66. The summed E-state index contributed by atoms with van der Waals surface area (Å²) in [6.07, 6.45) is 5.07. The quantitative estimate of drug-likeness (QED) is 0.865. The van der Waals surface area contributed by atoms with Gasteiger partial charge in [-0.3, -0.25) is 0 Å². The van der Waals surface area contributed by atoms with Gasteiger partial charge in [-0.25, -0.2) is 4.98 Å². The third-order valence-corrected chi connectivity index (χ3v) is 3.69. The molecule has 1 aromatic heterocycles. The van der Waals surface area contributed by atoms with Crippen molar-refractivity contribution in [3.05, 3.63) is 54.1 Å². The number of rotatable bonds is 6. The van der Waals surface area contributed by atoms with E-state index in [-0.39, 0.29) is 5.54 Å². The first-order valence-corrected chi connectivity index (χ1v) is 8.04. The van der Waals surface area contributed by atoms with Crippen molar-refractivity contribution in [2.75, 3.05) is 0 Å². The Morgan fingerprint density at radius 3 is 2.36 bits per heavy atom. The van der Waals surface area contributed by atoms with Crippen LogP contribution in [-0.2, 0) is 13.1 Å². The minimum Gasteiger partial charge on any atom is -0.329 e. The molecule has 1 heterocycles. The fourth-order valence-electron chi connectivity index (χ4n) is 3.14. The number of nitrogens with zero attached hydrogens (tertiary/aromatic N) is 2. The maximum absolute atomic E-state index is 4.51. The monoisotopic (exact) mass is 299 g/mol. The van der Waals surface area contributed by atoms with E-state index in [2.05, 4.69) is 86.0 Å². The van der Waals surface area contributed by atoms with Crippen LogP contribution >= 0.6 is 0 Å². The lowest BCUT2D eigenvalue weighted by atomic mass is 9.82. The molecule has 3 heteroatoms. The molecule has 1 N–H and O–H groups in total. The standard InChI is InChI=1S/C19H29N3/c1-18(2,3)15-19(4,5)21-13-17-20-11-12-22(17)14-16-9-7-6-8-10-16/h6-12,21H,13-15H2,1-5H3. The number of hydrogen-bond acceptors (Lipinski definition) is 2. The van der Waals surface area contributed by atoms with Gasteiger partial charge in [-0.1, -0.05) is 51.1 Å². The first-order valence-electron chi connectivity index (χ1n) is 8.04. The van der Waals surface area contributed by atoms with Crippen molar-refractivity contribution in [3.8, 4) is 0 Å². The van der Waals surface area contributed by atoms with E-state index in [0.717, 1.165) is 25.3 Å². The molecule has 0 spiro atoms. The average Bonchev–Trinajstić information content (AvgIpc) is 2.82. The van der Waals surface area contributed by atoms with Gasteiger partial charge in [0.25, 0.3) is 0 Å². The Hall–Kier alpha value is -1.61. The van der Waals surface area contributed by atoms with E-state index in [1.165, 1.54) is 5.56 Å². The first kappa shape index (κ1) is 16.8. The lowest BCUT2D eigenvalue weighted by Crippen LogP contribution is -2.42. The largest absolute Gasteiger partial charge is 0.329 e. The van der Waals surface area contributed by atoms with Crippen LogP contribution in [0.3, 0.4) is 0 Å². The van der Waals surface area contributed by atoms with Gasteiger partial charge >= 0.3 is 0 Å². The molecule has 0 aliphatic heterocycles. The molecule has 1 aromatic carbocycles. The van der Waals surface area contributed by atoms with Crippen LogP contribution in [0, 0.1) is 5.41 Å². The second kappa shape index (κ2) is 6.66. The SMILES string of the molecule is CC(C)(C)CC(C)(C)NCc1nccn1Cc1ccccc1. The Bertz CT molecular complexity index is 576. The second-order valence-corrected chi connectivity index (χ2v) is 7.93. The van der Waals surface area contributed by atoms with E-state index < -0.39 is 0 Å². The summed E-state index contributed by atoms with van der Waals surface area (Å²) in [7, 11) is 0. The smallest absolute Gasteiger partial charge is 0.122 e. The summed E-state index contributed by atoms with van der Waals surface area (Å²) < 4.78 is 2.22. The van der Waals surface area contributed by atoms with Gasteiger partial charge in [-0.2, -0.15) is 0 Å². The Morgan fingerprint density at radius 1 is 1.05 bits per heavy atom. The molecule has 0 unspecified atom stereocenters. The summed E-state index contributed by atoms with van der Waals surface area (Å²) in [4.78, 5) is 4.51. The van der Waals surface area contributed by atoms with Crippen molar-refractivity contribution in [3.63, 3.8) is 0 Å². The van der Waals surface area contributed by atoms with E-state index in [1.807, 2.05) is 6.20 Å². The predicted molar refractivity (Wildman–Crippen MR) is 92.8 cm³/mol. The van der Waals surface area contributed by atoms with Crippen LogP contribution in [0.1, 0.15) is 52.4 Å². The first-order chi connectivity index (χ1) is 10.3. The topological polar surface area (TPSA) is 29.9 Å². The maximum Gasteiger partial charge on any atom is 0.122 e. The van der Waals surface area contributed by atoms with Gasteiger partial charge < -0.3 is 9.88 Å². The third kappa shape index (κ3) is 5.30. The Balaban J connectivity index is 1.98. The highest BCUT2D eigenvalue weighted by Gasteiger charge is 2.25. The van der Waals surface area contributed by atoms with E-state index in [1.54, 1.807) is 0 Å². The van der Waals surface area contributed by atoms with Crippen LogP contribution in [0.5, 0.6) is 0 Å². The van der Waals surface area contributed by atoms with Crippen LogP contribution < -0.4 is 5.32 Å². The van der Waals surface area contributed by atoms with Crippen LogP contribution in [0.2, 0.25) is 0 Å². The van der Waals surface area contributed by atoms with Crippen molar-refractivity contribution in [2.45, 2.75) is 59.7 Å². The highest BCUT2D eigenvalue weighted by Crippen LogP contribution is 2.26. The van der Waals surface area contributed by atoms with E-state index in [0.29, 0.717) is 5.41 Å². The van der Waals surface area contributed by atoms with Crippen LogP contribution in [0.15, 0.2) is 42.7 Å². The number of hydrogen-bond donors (Lipinski definition) is 1. The normalized spacial score (nSPS) is 12.6. The highest BCUT2D eigenvalue weighted by atomic mass is 15.1. The summed E-state index contributed by atoms with van der Waals surface area (Å²) in [5.41, 5.74) is 1.72. The number of benzene rings is 1. The van der Waals surface area contributed by atoms with Crippen LogP contribution in [-0.4, -0.2) is 15.1 Å². The van der Waals surface area contributed by atoms with Crippen molar-refractivity contribution in [1.82, 2.24) is 14.9 Å². The fraction of sp³-hybridized carbons (Fsp3) is 0.526.